The molecule has 1 amide bonds. The van der Waals surface area contributed by atoms with Crippen LogP contribution >= 0.6 is 0 Å². The molecular weight excluding hydrogens is 406 g/mol. The minimum Gasteiger partial charge on any atom is -0.323 e. The average Bonchev–Trinajstić information content (AvgIpc) is 2.73. The number of rotatable bonds is 6. The number of anilines is 1. The van der Waals surface area contributed by atoms with Crippen LogP contribution in [0.5, 0.6) is 0 Å². The summed E-state index contributed by atoms with van der Waals surface area (Å²) in [4.78, 5) is 22.6. The molecule has 1 N–H and O–H groups in total. The molecule has 0 atom stereocenters. The van der Waals surface area contributed by atoms with E-state index in [-0.39, 0.29) is 10.6 Å². The van der Waals surface area contributed by atoms with Gasteiger partial charge in [-0.3, -0.25) is 14.9 Å². The highest BCUT2D eigenvalue weighted by Gasteiger charge is 2.27. The number of nitro benzene ring substituents is 1. The lowest BCUT2D eigenvalue weighted by Crippen LogP contribution is -2.37. The maximum atomic E-state index is 12.7. The predicted molar refractivity (Wildman–Crippen MR) is 114 cm³/mol. The molecular formula is C21H23N3O5S. The second kappa shape index (κ2) is 9.19. The molecule has 0 radical (unpaired) electrons. The van der Waals surface area contributed by atoms with E-state index >= 15 is 0 Å². The van der Waals surface area contributed by atoms with Gasteiger partial charge in [0.2, 0.25) is 15.9 Å². The van der Waals surface area contributed by atoms with Crippen LogP contribution in [0.1, 0.15) is 25.3 Å². The van der Waals surface area contributed by atoms with Gasteiger partial charge in [-0.05, 0) is 54.7 Å². The van der Waals surface area contributed by atoms with Gasteiger partial charge >= 0.3 is 0 Å². The zero-order valence-electron chi connectivity index (χ0n) is 16.5. The first-order valence-corrected chi connectivity index (χ1v) is 11.0. The van der Waals surface area contributed by atoms with Crippen molar-refractivity contribution < 1.29 is 18.1 Å². The highest BCUT2D eigenvalue weighted by Crippen LogP contribution is 2.24. The van der Waals surface area contributed by atoms with E-state index in [1.165, 1.54) is 46.8 Å². The summed E-state index contributed by atoms with van der Waals surface area (Å²) < 4.78 is 27.0. The van der Waals surface area contributed by atoms with Crippen molar-refractivity contribution >= 4 is 33.4 Å². The second-order valence-electron chi connectivity index (χ2n) is 7.29. The maximum absolute atomic E-state index is 12.7. The van der Waals surface area contributed by atoms with Gasteiger partial charge in [0.1, 0.15) is 0 Å². The Hall–Kier alpha value is -3.04. The van der Waals surface area contributed by atoms with Gasteiger partial charge in [-0.2, -0.15) is 4.31 Å². The summed E-state index contributed by atoms with van der Waals surface area (Å²) in [7, 11) is -3.54. The van der Waals surface area contributed by atoms with E-state index in [0.29, 0.717) is 30.3 Å². The third kappa shape index (κ3) is 5.31. The molecule has 9 heteroatoms. The van der Waals surface area contributed by atoms with E-state index in [0.717, 1.165) is 12.8 Å². The number of nitrogens with zero attached hydrogens (tertiary/aromatic N) is 2. The first-order chi connectivity index (χ1) is 14.3. The lowest BCUT2D eigenvalue weighted by Gasteiger charge is -2.29. The predicted octanol–water partition coefficient (Wildman–Crippen LogP) is 3.67. The summed E-state index contributed by atoms with van der Waals surface area (Å²) in [6.07, 6.45) is 4.44. The number of benzene rings is 2. The van der Waals surface area contributed by atoms with Gasteiger partial charge in [0.15, 0.2) is 0 Å². The van der Waals surface area contributed by atoms with Gasteiger partial charge in [0.05, 0.1) is 9.82 Å². The molecule has 3 rings (SSSR count). The van der Waals surface area contributed by atoms with E-state index in [4.69, 9.17) is 0 Å². The van der Waals surface area contributed by atoms with Gasteiger partial charge in [0, 0.05) is 37.0 Å². The molecule has 2 aromatic carbocycles. The number of nitro groups is 1. The lowest BCUT2D eigenvalue weighted by molar-refractivity contribution is -0.384. The standard InChI is InChI=1S/C21H23N3O5S/c1-16-11-13-23(14-12-16)30(28,29)20-8-6-18(7-9-20)22-21(25)10-5-17-3-2-4-19(15-17)24(26)27/h2-10,15-16H,11-14H2,1H3,(H,22,25). The molecule has 1 saturated heterocycles. The Kier molecular flexibility index (Phi) is 6.63. The number of carbonyl (C=O) groups is 1. The third-order valence-electron chi connectivity index (χ3n) is 5.01. The minimum atomic E-state index is -3.54. The molecule has 0 unspecified atom stereocenters. The number of nitrogens with one attached hydrogen (secondary N) is 1. The first kappa shape index (κ1) is 21.7. The fourth-order valence-electron chi connectivity index (χ4n) is 3.18. The fourth-order valence-corrected chi connectivity index (χ4v) is 4.65. The summed E-state index contributed by atoms with van der Waals surface area (Å²) in [5.74, 6) is 0.103. The summed E-state index contributed by atoms with van der Waals surface area (Å²) in [5, 5.41) is 13.4. The van der Waals surface area contributed by atoms with Crippen LogP contribution in [0, 0.1) is 16.0 Å². The molecule has 158 valence electrons. The van der Waals surface area contributed by atoms with Crippen molar-refractivity contribution in [1.82, 2.24) is 4.31 Å². The smallest absolute Gasteiger partial charge is 0.270 e. The van der Waals surface area contributed by atoms with E-state index in [1.54, 1.807) is 18.2 Å². The zero-order chi connectivity index (χ0) is 21.7. The Morgan fingerprint density at radius 3 is 2.47 bits per heavy atom. The number of carbonyl (C=O) groups excluding carboxylic acids is 1. The molecule has 8 nitrogen and oxygen atoms in total. The van der Waals surface area contributed by atoms with Crippen molar-refractivity contribution in [2.75, 3.05) is 18.4 Å². The summed E-state index contributed by atoms with van der Waals surface area (Å²) in [6.45, 7) is 3.16. The van der Waals surface area contributed by atoms with Crippen LogP contribution in [-0.2, 0) is 14.8 Å². The van der Waals surface area contributed by atoms with Crippen LogP contribution < -0.4 is 5.32 Å². The second-order valence-corrected chi connectivity index (χ2v) is 9.22. The molecule has 0 spiro atoms. The minimum absolute atomic E-state index is 0.0579. The molecule has 1 heterocycles. The van der Waals surface area contributed by atoms with Crippen LogP contribution in [0.3, 0.4) is 0 Å². The number of hydrogen-bond donors (Lipinski definition) is 1. The molecule has 2 aromatic rings. The molecule has 0 saturated carbocycles. The van der Waals surface area contributed by atoms with Gasteiger partial charge in [-0.1, -0.05) is 19.1 Å². The SMILES string of the molecule is CC1CCN(S(=O)(=O)c2ccc(NC(=O)C=Cc3cccc([N+](=O)[O-])c3)cc2)CC1. The van der Waals surface area contributed by atoms with Crippen molar-refractivity contribution in [3.05, 3.63) is 70.3 Å². The molecule has 1 aliphatic rings. The van der Waals surface area contributed by atoms with Crippen LogP contribution in [-0.4, -0.2) is 36.6 Å². The monoisotopic (exact) mass is 429 g/mol. The molecule has 0 aliphatic carbocycles. The summed E-state index contributed by atoms with van der Waals surface area (Å²) >= 11 is 0. The molecule has 1 aliphatic heterocycles. The molecule has 0 bridgehead atoms. The number of amides is 1. The molecule has 1 fully saturated rings. The van der Waals surface area contributed by atoms with Crippen molar-refractivity contribution in [2.24, 2.45) is 5.92 Å². The topological polar surface area (TPSA) is 110 Å². The Balaban J connectivity index is 1.63. The quantitative estimate of drug-likeness (QED) is 0.428. The summed E-state index contributed by atoms with van der Waals surface area (Å²) in [6, 6.07) is 12.0. The number of non-ortho nitro benzene ring substituents is 1. The Morgan fingerprint density at radius 1 is 1.17 bits per heavy atom. The van der Waals surface area contributed by atoms with E-state index in [9.17, 15) is 23.3 Å². The van der Waals surface area contributed by atoms with E-state index in [2.05, 4.69) is 12.2 Å². The van der Waals surface area contributed by atoms with Crippen LogP contribution in [0.25, 0.3) is 6.08 Å². The normalized spacial score (nSPS) is 15.9. The Bertz CT molecular complexity index is 1060. The van der Waals surface area contributed by atoms with E-state index < -0.39 is 20.9 Å². The largest absolute Gasteiger partial charge is 0.323 e. The first-order valence-electron chi connectivity index (χ1n) is 9.59. The van der Waals surface area contributed by atoms with Crippen molar-refractivity contribution in [3.8, 4) is 0 Å². The third-order valence-corrected chi connectivity index (χ3v) is 6.92. The maximum Gasteiger partial charge on any atom is 0.270 e. The average molecular weight is 429 g/mol. The fraction of sp³-hybridized carbons (Fsp3) is 0.286. The number of sulfonamides is 1. The molecule has 30 heavy (non-hydrogen) atoms. The number of hydrogen-bond acceptors (Lipinski definition) is 5. The highest BCUT2D eigenvalue weighted by atomic mass is 32.2. The lowest BCUT2D eigenvalue weighted by atomic mass is 10.0. The van der Waals surface area contributed by atoms with Crippen molar-refractivity contribution in [2.45, 2.75) is 24.7 Å². The Labute approximate surface area is 175 Å². The van der Waals surface area contributed by atoms with Gasteiger partial charge in [-0.25, -0.2) is 8.42 Å². The van der Waals surface area contributed by atoms with E-state index in [1.807, 2.05) is 0 Å². The van der Waals surface area contributed by atoms with Crippen molar-refractivity contribution in [3.63, 3.8) is 0 Å². The van der Waals surface area contributed by atoms with Crippen LogP contribution in [0.2, 0.25) is 0 Å². The van der Waals surface area contributed by atoms with Gasteiger partial charge in [-0.15, -0.1) is 0 Å². The van der Waals surface area contributed by atoms with Crippen LogP contribution in [0.4, 0.5) is 11.4 Å². The number of piperidine rings is 1. The van der Waals surface area contributed by atoms with Gasteiger partial charge in [0.25, 0.3) is 5.69 Å². The summed E-state index contributed by atoms with van der Waals surface area (Å²) in [5.41, 5.74) is 0.920. The van der Waals surface area contributed by atoms with Gasteiger partial charge < -0.3 is 5.32 Å². The van der Waals surface area contributed by atoms with Crippen LogP contribution in [0.15, 0.2) is 59.5 Å². The molecule has 0 aromatic heterocycles. The Morgan fingerprint density at radius 2 is 1.83 bits per heavy atom. The highest BCUT2D eigenvalue weighted by molar-refractivity contribution is 7.89. The van der Waals surface area contributed by atoms with Crippen molar-refractivity contribution in [1.29, 1.82) is 0 Å². The zero-order valence-corrected chi connectivity index (χ0v) is 17.3.